The highest BCUT2D eigenvalue weighted by Crippen LogP contribution is 2.26. The van der Waals surface area contributed by atoms with E-state index in [1.54, 1.807) is 12.3 Å². The van der Waals surface area contributed by atoms with Crippen LogP contribution in [0.1, 0.15) is 11.3 Å². The summed E-state index contributed by atoms with van der Waals surface area (Å²) in [5.41, 5.74) is 2.30. The van der Waals surface area contributed by atoms with Crippen molar-refractivity contribution < 1.29 is 9.52 Å². The van der Waals surface area contributed by atoms with Gasteiger partial charge in [0.2, 0.25) is 5.89 Å². The largest absolute Gasteiger partial charge is 0.479 e. The molecule has 4 nitrogen and oxygen atoms in total. The minimum absolute atomic E-state index is 0.181. The number of hydrogen-bond donors (Lipinski definition) is 1. The fourth-order valence-corrected chi connectivity index (χ4v) is 2.39. The molecule has 2 heterocycles. The van der Waals surface area contributed by atoms with Gasteiger partial charge < -0.3 is 9.52 Å². The number of rotatable bonds is 2. The Balaban J connectivity index is 1.78. The summed E-state index contributed by atoms with van der Waals surface area (Å²) in [5, 5.41) is 11.8. The predicted octanol–water partition coefficient (Wildman–Crippen LogP) is 2.48. The first-order valence-electron chi connectivity index (χ1n) is 6.91. The minimum atomic E-state index is -0.181. The standard InChI is InChI=1S/C18H12N2O2/c21-18-16(20-17(22-18)13-4-2-1-3-5-13)11-12-6-7-15-14(10-12)8-9-19-15/h1-11,21H. The molecule has 0 saturated heterocycles. The normalized spacial score (nSPS) is 13.2. The summed E-state index contributed by atoms with van der Waals surface area (Å²) in [6.07, 6.45) is 5.51. The van der Waals surface area contributed by atoms with E-state index in [1.165, 1.54) is 0 Å². The van der Waals surface area contributed by atoms with Crippen LogP contribution in [0.15, 0.2) is 64.1 Å². The zero-order valence-corrected chi connectivity index (χ0v) is 11.6. The highest BCUT2D eigenvalue weighted by molar-refractivity contribution is 5.60. The Hall–Kier alpha value is -3.14. The molecule has 0 bridgehead atoms. The summed E-state index contributed by atoms with van der Waals surface area (Å²) in [4.78, 5) is 8.59. The van der Waals surface area contributed by atoms with Crippen molar-refractivity contribution in [3.05, 3.63) is 76.6 Å². The van der Waals surface area contributed by atoms with Crippen molar-refractivity contribution in [1.29, 1.82) is 0 Å². The summed E-state index contributed by atoms with van der Waals surface area (Å²) in [6.45, 7) is 0. The monoisotopic (exact) mass is 288 g/mol. The van der Waals surface area contributed by atoms with E-state index in [0.717, 1.165) is 21.7 Å². The van der Waals surface area contributed by atoms with Gasteiger partial charge in [-0.15, -0.1) is 0 Å². The second kappa shape index (κ2) is 5.00. The summed E-state index contributed by atoms with van der Waals surface area (Å²) in [6, 6.07) is 15.4. The molecule has 0 aliphatic carbocycles. The maximum absolute atomic E-state index is 9.95. The first kappa shape index (κ1) is 12.6. The maximum atomic E-state index is 9.95. The van der Waals surface area contributed by atoms with E-state index in [2.05, 4.69) is 9.98 Å². The average Bonchev–Trinajstić information content (AvgIpc) is 3.15. The van der Waals surface area contributed by atoms with Crippen molar-refractivity contribution >= 4 is 12.2 Å². The lowest BCUT2D eigenvalue weighted by molar-refractivity contribution is 0.336. The van der Waals surface area contributed by atoms with E-state index in [1.807, 2.05) is 54.6 Å². The van der Waals surface area contributed by atoms with Crippen molar-refractivity contribution in [2.75, 3.05) is 0 Å². The molecule has 1 aliphatic heterocycles. The van der Waals surface area contributed by atoms with Crippen LogP contribution in [0, 0.1) is 0 Å². The van der Waals surface area contributed by atoms with Crippen molar-refractivity contribution in [3.63, 3.8) is 0 Å². The van der Waals surface area contributed by atoms with Gasteiger partial charge in [-0.25, -0.2) is 4.98 Å². The van der Waals surface area contributed by atoms with Crippen molar-refractivity contribution in [1.82, 2.24) is 4.98 Å². The Morgan fingerprint density at radius 1 is 1.05 bits per heavy atom. The molecule has 2 aromatic carbocycles. The number of aromatic hydroxyl groups is 1. The van der Waals surface area contributed by atoms with Gasteiger partial charge in [0.25, 0.3) is 0 Å². The smallest absolute Gasteiger partial charge is 0.310 e. The number of fused-ring (bicyclic) bond motifs is 1. The van der Waals surface area contributed by atoms with Crippen LogP contribution in [-0.2, 0) is 0 Å². The number of benzene rings is 2. The van der Waals surface area contributed by atoms with Crippen LogP contribution >= 0.6 is 0 Å². The first-order chi connectivity index (χ1) is 10.8. The molecular formula is C18H12N2O2. The van der Waals surface area contributed by atoms with Gasteiger partial charge in [0.15, 0.2) is 0 Å². The van der Waals surface area contributed by atoms with Gasteiger partial charge in [-0.05, 0) is 41.6 Å². The van der Waals surface area contributed by atoms with E-state index in [0.29, 0.717) is 11.6 Å². The van der Waals surface area contributed by atoms with Crippen LogP contribution in [0.25, 0.3) is 23.6 Å². The second-order valence-corrected chi connectivity index (χ2v) is 4.98. The first-order valence-corrected chi connectivity index (χ1v) is 6.91. The lowest BCUT2D eigenvalue weighted by atomic mass is 10.1. The van der Waals surface area contributed by atoms with Crippen molar-refractivity contribution in [3.8, 4) is 17.4 Å². The zero-order valence-electron chi connectivity index (χ0n) is 11.6. The fraction of sp³-hybridized carbons (Fsp3) is 0. The molecule has 0 radical (unpaired) electrons. The third kappa shape index (κ3) is 2.20. The Morgan fingerprint density at radius 3 is 2.77 bits per heavy atom. The molecule has 0 fully saturated rings. The van der Waals surface area contributed by atoms with Crippen LogP contribution in [0.3, 0.4) is 0 Å². The summed E-state index contributed by atoms with van der Waals surface area (Å²) < 4.78 is 5.35. The number of aromatic nitrogens is 1. The molecule has 1 aromatic heterocycles. The topological polar surface area (TPSA) is 58.6 Å². The van der Waals surface area contributed by atoms with Crippen LogP contribution in [-0.4, -0.2) is 10.1 Å². The van der Waals surface area contributed by atoms with Gasteiger partial charge in [-0.2, -0.15) is 0 Å². The van der Waals surface area contributed by atoms with E-state index in [9.17, 15) is 5.11 Å². The molecule has 106 valence electrons. The molecule has 0 spiro atoms. The Labute approximate surface area is 126 Å². The molecule has 1 aliphatic rings. The molecule has 22 heavy (non-hydrogen) atoms. The Bertz CT molecular complexity index is 986. The minimum Gasteiger partial charge on any atom is -0.479 e. The fourth-order valence-electron chi connectivity index (χ4n) is 2.39. The molecule has 0 amide bonds. The van der Waals surface area contributed by atoms with E-state index >= 15 is 0 Å². The third-order valence-electron chi connectivity index (χ3n) is 3.48. The van der Waals surface area contributed by atoms with Crippen LogP contribution in [0.2, 0.25) is 0 Å². The molecule has 0 atom stereocenters. The number of hydrogen-bond acceptors (Lipinski definition) is 4. The molecule has 4 heteroatoms. The molecule has 0 unspecified atom stereocenters. The van der Waals surface area contributed by atoms with E-state index < -0.39 is 0 Å². The summed E-state index contributed by atoms with van der Waals surface area (Å²) >= 11 is 0. The third-order valence-corrected chi connectivity index (χ3v) is 3.48. The van der Waals surface area contributed by atoms with Crippen LogP contribution < -0.4 is 10.6 Å². The van der Waals surface area contributed by atoms with Gasteiger partial charge in [0.1, 0.15) is 5.69 Å². The second-order valence-electron chi connectivity index (χ2n) is 4.98. The maximum Gasteiger partial charge on any atom is 0.310 e. The van der Waals surface area contributed by atoms with Gasteiger partial charge in [0, 0.05) is 17.3 Å². The summed E-state index contributed by atoms with van der Waals surface area (Å²) in [5.74, 6) is 0.222. The average molecular weight is 288 g/mol. The quantitative estimate of drug-likeness (QED) is 0.788. The Morgan fingerprint density at radius 2 is 1.91 bits per heavy atom. The van der Waals surface area contributed by atoms with Gasteiger partial charge in [-0.3, -0.25) is 4.99 Å². The van der Waals surface area contributed by atoms with Crippen LogP contribution in [0.5, 0.6) is 5.95 Å². The molecule has 4 rings (SSSR count). The van der Waals surface area contributed by atoms with Gasteiger partial charge in [-0.1, -0.05) is 24.3 Å². The van der Waals surface area contributed by atoms with Gasteiger partial charge in [0.05, 0.1) is 5.36 Å². The summed E-state index contributed by atoms with van der Waals surface area (Å²) in [7, 11) is 0. The molecule has 1 N–H and O–H groups in total. The molecule has 0 saturated carbocycles. The molecule has 3 aromatic rings. The lowest BCUT2D eigenvalue weighted by Crippen LogP contribution is -2.10. The number of nitrogens with zero attached hydrogens (tertiary/aromatic N) is 2. The van der Waals surface area contributed by atoms with Crippen LogP contribution in [0.4, 0.5) is 0 Å². The number of oxazole rings is 1. The lowest BCUT2D eigenvalue weighted by Gasteiger charge is -1.91. The highest BCUT2D eigenvalue weighted by Gasteiger charge is 2.11. The van der Waals surface area contributed by atoms with Crippen molar-refractivity contribution in [2.45, 2.75) is 0 Å². The Kier molecular flexibility index (Phi) is 2.86. The predicted molar refractivity (Wildman–Crippen MR) is 83.4 cm³/mol. The van der Waals surface area contributed by atoms with Gasteiger partial charge >= 0.3 is 5.95 Å². The highest BCUT2D eigenvalue weighted by atomic mass is 16.5. The van der Waals surface area contributed by atoms with E-state index in [-0.39, 0.29) is 5.95 Å². The molecular weight excluding hydrogens is 276 g/mol. The van der Waals surface area contributed by atoms with Crippen molar-refractivity contribution in [2.24, 2.45) is 4.99 Å². The van der Waals surface area contributed by atoms with E-state index in [4.69, 9.17) is 4.42 Å². The SMILES string of the molecule is Oc1oc(-c2ccccc2)nc1C=c1ccc2c(c1)C=CN=2. The zero-order chi connectivity index (χ0) is 14.9.